The number of nitrogens with zero attached hydrogens (tertiary/aromatic N) is 3. The Hall–Kier alpha value is -4.53. The zero-order valence-electron chi connectivity index (χ0n) is 23.9. The molecule has 2 aliphatic heterocycles. The van der Waals surface area contributed by atoms with Crippen LogP contribution >= 0.6 is 0 Å². The summed E-state index contributed by atoms with van der Waals surface area (Å²) >= 11 is 0. The number of imidazole rings is 1. The monoisotopic (exact) mass is 551 g/mol. The number of anilines is 1. The van der Waals surface area contributed by atoms with Crippen molar-refractivity contribution in [2.24, 2.45) is 5.41 Å². The molecule has 1 fully saturated rings. The molecule has 2 aliphatic rings. The molecule has 9 nitrogen and oxygen atoms in total. The van der Waals surface area contributed by atoms with Crippen molar-refractivity contribution in [3.8, 4) is 11.3 Å². The van der Waals surface area contributed by atoms with Crippen LogP contribution in [0.25, 0.3) is 27.8 Å². The van der Waals surface area contributed by atoms with Gasteiger partial charge in [0.05, 0.1) is 16.6 Å². The number of nitrogens with one attached hydrogen (secondary N) is 2. The van der Waals surface area contributed by atoms with E-state index in [9.17, 15) is 19.2 Å². The molecule has 1 unspecified atom stereocenters. The van der Waals surface area contributed by atoms with E-state index in [1.807, 2.05) is 24.3 Å². The minimum Gasteiger partial charge on any atom is -0.364 e. The molecule has 2 aromatic carbocycles. The van der Waals surface area contributed by atoms with Gasteiger partial charge in [-0.25, -0.2) is 4.98 Å². The Labute approximate surface area is 237 Å². The quantitative estimate of drug-likeness (QED) is 0.331. The Morgan fingerprint density at radius 2 is 1.66 bits per heavy atom. The minimum atomic E-state index is -1.01. The summed E-state index contributed by atoms with van der Waals surface area (Å²) < 4.78 is 2.10. The first-order valence-electron chi connectivity index (χ1n) is 13.9. The predicted octanol–water partition coefficient (Wildman–Crippen LogP) is 5.18. The van der Waals surface area contributed by atoms with Crippen LogP contribution in [0, 0.1) is 5.41 Å². The number of piperidine rings is 1. The molecule has 210 valence electrons. The van der Waals surface area contributed by atoms with Gasteiger partial charge in [0, 0.05) is 17.5 Å². The Morgan fingerprint density at radius 3 is 2.39 bits per heavy atom. The summed E-state index contributed by atoms with van der Waals surface area (Å²) in [6.45, 7) is 10.9. The van der Waals surface area contributed by atoms with Crippen molar-refractivity contribution in [1.82, 2.24) is 19.6 Å². The molecule has 1 saturated heterocycles. The maximum absolute atomic E-state index is 13.5. The van der Waals surface area contributed by atoms with Crippen molar-refractivity contribution in [2.45, 2.75) is 65.5 Å². The van der Waals surface area contributed by atoms with Crippen molar-refractivity contribution in [1.29, 1.82) is 0 Å². The lowest BCUT2D eigenvalue weighted by atomic mass is 9.82. The molecule has 2 aromatic heterocycles. The predicted molar refractivity (Wildman–Crippen MR) is 157 cm³/mol. The van der Waals surface area contributed by atoms with Crippen LogP contribution in [0.1, 0.15) is 74.6 Å². The SMILES string of the molecule is CC(C)(C)CC(C)(C)Nc1c(-c2ccc3c(c2)C(=O)N(C2CCC(=O)NC2=O)C3=O)nc2ccc3ccccc3n12. The number of fused-ring (bicyclic) bond motifs is 4. The van der Waals surface area contributed by atoms with Crippen molar-refractivity contribution >= 4 is 46.0 Å². The number of para-hydroxylation sites is 1. The zero-order chi connectivity index (χ0) is 29.3. The topological polar surface area (TPSA) is 113 Å². The van der Waals surface area contributed by atoms with Gasteiger partial charge in [-0.2, -0.15) is 0 Å². The highest BCUT2D eigenvalue weighted by Crippen LogP contribution is 2.38. The number of carbonyl (C=O) groups excluding carboxylic acids is 4. The van der Waals surface area contributed by atoms with Gasteiger partial charge < -0.3 is 5.32 Å². The van der Waals surface area contributed by atoms with Crippen LogP contribution in [0.2, 0.25) is 0 Å². The molecule has 4 amide bonds. The van der Waals surface area contributed by atoms with Crippen LogP contribution in [0.4, 0.5) is 5.82 Å². The van der Waals surface area contributed by atoms with E-state index in [2.05, 4.69) is 61.8 Å². The van der Waals surface area contributed by atoms with Crippen LogP contribution in [0.15, 0.2) is 54.6 Å². The normalized spacial score (nSPS) is 17.9. The van der Waals surface area contributed by atoms with Crippen LogP contribution < -0.4 is 10.6 Å². The third-order valence-corrected chi connectivity index (χ3v) is 7.64. The molecule has 6 rings (SSSR count). The van der Waals surface area contributed by atoms with Crippen molar-refractivity contribution in [3.63, 3.8) is 0 Å². The summed E-state index contributed by atoms with van der Waals surface area (Å²) in [4.78, 5) is 56.9. The molecule has 4 aromatic rings. The van der Waals surface area contributed by atoms with Gasteiger partial charge in [-0.1, -0.05) is 45.0 Å². The summed E-state index contributed by atoms with van der Waals surface area (Å²) in [6, 6.07) is 16.2. The fourth-order valence-corrected chi connectivity index (χ4v) is 6.42. The molecule has 0 saturated carbocycles. The van der Waals surface area contributed by atoms with E-state index in [4.69, 9.17) is 4.98 Å². The number of imide groups is 2. The van der Waals surface area contributed by atoms with Gasteiger partial charge in [0.2, 0.25) is 11.8 Å². The average Bonchev–Trinajstić information content (AvgIpc) is 3.37. The van der Waals surface area contributed by atoms with E-state index in [-0.39, 0.29) is 34.9 Å². The number of amides is 4. The van der Waals surface area contributed by atoms with Gasteiger partial charge in [-0.15, -0.1) is 0 Å². The molecular weight excluding hydrogens is 518 g/mol. The molecule has 0 bridgehead atoms. The largest absolute Gasteiger partial charge is 0.364 e. The first-order valence-corrected chi connectivity index (χ1v) is 13.9. The van der Waals surface area contributed by atoms with Gasteiger partial charge >= 0.3 is 0 Å². The number of hydrogen-bond donors (Lipinski definition) is 2. The number of aromatic nitrogens is 2. The maximum atomic E-state index is 13.5. The maximum Gasteiger partial charge on any atom is 0.262 e. The molecule has 0 aliphatic carbocycles. The van der Waals surface area contributed by atoms with E-state index in [1.54, 1.807) is 18.2 Å². The van der Waals surface area contributed by atoms with Crippen molar-refractivity contribution in [2.75, 3.05) is 5.32 Å². The lowest BCUT2D eigenvalue weighted by molar-refractivity contribution is -0.136. The fourth-order valence-electron chi connectivity index (χ4n) is 6.42. The molecule has 41 heavy (non-hydrogen) atoms. The van der Waals surface area contributed by atoms with E-state index in [1.165, 1.54) is 0 Å². The molecular formula is C32H33N5O4. The lowest BCUT2D eigenvalue weighted by Gasteiger charge is -2.34. The standard InChI is InChI=1S/C32H33N5O4/c1-31(2,3)17-32(4,5)35-27-26(33-24-14-11-18-8-6-7-9-22(18)36(24)27)19-10-12-20-21(16-19)30(41)37(29(20)40)23-13-15-25(38)34-28(23)39/h6-12,14,16,23,35H,13,15,17H2,1-5H3,(H,34,38,39). The number of carbonyl (C=O) groups is 4. The zero-order valence-corrected chi connectivity index (χ0v) is 23.9. The third-order valence-electron chi connectivity index (χ3n) is 7.64. The summed E-state index contributed by atoms with van der Waals surface area (Å²) in [5.74, 6) is -1.31. The van der Waals surface area contributed by atoms with Crippen LogP contribution in [-0.4, -0.2) is 49.5 Å². The van der Waals surface area contributed by atoms with Gasteiger partial charge in [0.25, 0.3) is 11.8 Å². The van der Waals surface area contributed by atoms with E-state index in [0.717, 1.165) is 33.7 Å². The Morgan fingerprint density at radius 1 is 0.927 bits per heavy atom. The summed E-state index contributed by atoms with van der Waals surface area (Å²) in [7, 11) is 0. The van der Waals surface area contributed by atoms with Gasteiger partial charge in [0.15, 0.2) is 0 Å². The molecule has 4 heterocycles. The van der Waals surface area contributed by atoms with Gasteiger partial charge in [-0.05, 0) is 67.8 Å². The third kappa shape index (κ3) is 4.65. The molecule has 0 spiro atoms. The first kappa shape index (κ1) is 26.7. The molecule has 9 heteroatoms. The first-order chi connectivity index (χ1) is 19.3. The number of benzene rings is 2. The summed E-state index contributed by atoms with van der Waals surface area (Å²) in [5.41, 5.74) is 3.31. The van der Waals surface area contributed by atoms with Crippen LogP contribution in [-0.2, 0) is 9.59 Å². The number of hydrogen-bond acceptors (Lipinski definition) is 6. The van der Waals surface area contributed by atoms with Crippen LogP contribution in [0.5, 0.6) is 0 Å². The second-order valence-electron chi connectivity index (χ2n) is 12.8. The Kier molecular flexibility index (Phi) is 6.02. The summed E-state index contributed by atoms with van der Waals surface area (Å²) in [6.07, 6.45) is 1.07. The van der Waals surface area contributed by atoms with Gasteiger partial charge in [-0.3, -0.25) is 33.8 Å². The molecule has 1 atom stereocenters. The minimum absolute atomic E-state index is 0.0685. The van der Waals surface area contributed by atoms with Gasteiger partial charge in [0.1, 0.15) is 23.2 Å². The smallest absolute Gasteiger partial charge is 0.262 e. The van der Waals surface area contributed by atoms with Crippen LogP contribution in [0.3, 0.4) is 0 Å². The lowest BCUT2D eigenvalue weighted by Crippen LogP contribution is -2.54. The molecule has 0 radical (unpaired) electrons. The molecule has 2 N–H and O–H groups in total. The highest BCUT2D eigenvalue weighted by Gasteiger charge is 2.44. The van der Waals surface area contributed by atoms with E-state index >= 15 is 0 Å². The fraction of sp³-hybridized carbons (Fsp3) is 0.344. The average molecular weight is 552 g/mol. The van der Waals surface area contributed by atoms with Crippen molar-refractivity contribution in [3.05, 3.63) is 65.7 Å². The Bertz CT molecular complexity index is 1780. The number of pyridine rings is 1. The highest BCUT2D eigenvalue weighted by molar-refractivity contribution is 6.23. The second kappa shape index (κ2) is 9.26. The second-order valence-corrected chi connectivity index (χ2v) is 12.8. The summed E-state index contributed by atoms with van der Waals surface area (Å²) in [5, 5.41) is 7.07. The number of rotatable bonds is 5. The highest BCUT2D eigenvalue weighted by atomic mass is 16.2. The van der Waals surface area contributed by atoms with E-state index < -0.39 is 29.7 Å². The van der Waals surface area contributed by atoms with Crippen molar-refractivity contribution < 1.29 is 19.2 Å². The Balaban J connectivity index is 1.48. The van der Waals surface area contributed by atoms with E-state index in [0.29, 0.717) is 11.3 Å².